The molecule has 134 valence electrons. The molecule has 8 heteroatoms. The number of nitrogens with zero attached hydrogens (tertiary/aromatic N) is 3. The maximum absolute atomic E-state index is 12.8. The fraction of sp³-hybridized carbons (Fsp3) is 0.222. The lowest BCUT2D eigenvalue weighted by molar-refractivity contribution is -0.384. The van der Waals surface area contributed by atoms with Gasteiger partial charge in [0.1, 0.15) is 0 Å². The van der Waals surface area contributed by atoms with Crippen molar-refractivity contribution in [3.05, 3.63) is 73.0 Å². The predicted molar refractivity (Wildman–Crippen MR) is 107 cm³/mol. The van der Waals surface area contributed by atoms with E-state index in [1.807, 2.05) is 25.1 Å². The lowest BCUT2D eigenvalue weighted by atomic mass is 10.2. The van der Waals surface area contributed by atoms with Gasteiger partial charge in [0.05, 0.1) is 15.8 Å². The van der Waals surface area contributed by atoms with Crippen LogP contribution in [0.25, 0.3) is 10.9 Å². The highest BCUT2D eigenvalue weighted by Crippen LogP contribution is 2.25. The van der Waals surface area contributed by atoms with Crippen LogP contribution in [0.1, 0.15) is 18.9 Å². The molecule has 3 rings (SSSR count). The highest BCUT2D eigenvalue weighted by molar-refractivity contribution is 9.10. The van der Waals surface area contributed by atoms with Crippen molar-refractivity contribution in [3.8, 4) is 0 Å². The van der Waals surface area contributed by atoms with Crippen LogP contribution in [0.5, 0.6) is 0 Å². The molecule has 0 saturated carbocycles. The molecule has 1 aromatic heterocycles. The highest BCUT2D eigenvalue weighted by Gasteiger charge is 2.13. The normalized spacial score (nSPS) is 11.0. The van der Waals surface area contributed by atoms with E-state index in [2.05, 4.69) is 20.9 Å². The van der Waals surface area contributed by atoms with Crippen molar-refractivity contribution in [2.45, 2.75) is 30.8 Å². The zero-order chi connectivity index (χ0) is 18.7. The van der Waals surface area contributed by atoms with Crippen LogP contribution in [0.2, 0.25) is 0 Å². The van der Waals surface area contributed by atoms with Gasteiger partial charge in [0.25, 0.3) is 11.2 Å². The van der Waals surface area contributed by atoms with Crippen molar-refractivity contribution in [2.24, 2.45) is 0 Å². The van der Waals surface area contributed by atoms with Gasteiger partial charge >= 0.3 is 0 Å². The molecule has 3 aromatic rings. The van der Waals surface area contributed by atoms with Crippen LogP contribution < -0.4 is 5.56 Å². The molecule has 0 amide bonds. The number of nitro benzene ring substituents is 1. The Kier molecular flexibility index (Phi) is 5.73. The summed E-state index contributed by atoms with van der Waals surface area (Å²) in [5.41, 5.74) is 1.45. The van der Waals surface area contributed by atoms with Gasteiger partial charge in [-0.2, -0.15) is 0 Å². The molecule has 0 spiro atoms. The molecule has 26 heavy (non-hydrogen) atoms. The Morgan fingerprint density at radius 1 is 1.27 bits per heavy atom. The molecule has 0 atom stereocenters. The first-order valence-electron chi connectivity index (χ1n) is 8.06. The largest absolute Gasteiger partial charge is 0.287 e. The van der Waals surface area contributed by atoms with E-state index in [0.29, 0.717) is 28.4 Å². The Labute approximate surface area is 162 Å². The predicted octanol–water partition coefficient (Wildman–Crippen LogP) is 4.77. The summed E-state index contributed by atoms with van der Waals surface area (Å²) >= 11 is 4.80. The number of halogens is 1. The average molecular weight is 434 g/mol. The van der Waals surface area contributed by atoms with E-state index in [1.165, 1.54) is 17.8 Å². The minimum atomic E-state index is -0.409. The van der Waals surface area contributed by atoms with E-state index < -0.39 is 4.92 Å². The van der Waals surface area contributed by atoms with Crippen molar-refractivity contribution in [1.82, 2.24) is 9.55 Å². The molecule has 1 heterocycles. The minimum absolute atomic E-state index is 0.0605. The number of rotatable bonds is 6. The maximum atomic E-state index is 12.8. The summed E-state index contributed by atoms with van der Waals surface area (Å²) in [5, 5.41) is 12.1. The van der Waals surface area contributed by atoms with Gasteiger partial charge in [-0.3, -0.25) is 19.5 Å². The van der Waals surface area contributed by atoms with Gasteiger partial charge in [-0.1, -0.05) is 46.7 Å². The summed E-state index contributed by atoms with van der Waals surface area (Å²) in [6.07, 6.45) is 0.811. The van der Waals surface area contributed by atoms with Gasteiger partial charge in [0, 0.05) is 28.9 Å². The number of hydrogen-bond acceptors (Lipinski definition) is 5. The number of non-ortho nitro benzene ring substituents is 1. The van der Waals surface area contributed by atoms with E-state index >= 15 is 0 Å². The summed E-state index contributed by atoms with van der Waals surface area (Å²) in [4.78, 5) is 28.0. The summed E-state index contributed by atoms with van der Waals surface area (Å²) in [6, 6.07) is 12.0. The molecule has 0 bridgehead atoms. The quantitative estimate of drug-likeness (QED) is 0.242. The van der Waals surface area contributed by atoms with Crippen LogP contribution in [0.3, 0.4) is 0 Å². The molecule has 0 saturated heterocycles. The Morgan fingerprint density at radius 3 is 2.81 bits per heavy atom. The van der Waals surface area contributed by atoms with Crippen LogP contribution in [0.4, 0.5) is 5.69 Å². The first-order valence-corrected chi connectivity index (χ1v) is 9.83. The summed E-state index contributed by atoms with van der Waals surface area (Å²) < 4.78 is 2.51. The molecule has 0 unspecified atom stereocenters. The zero-order valence-electron chi connectivity index (χ0n) is 14.0. The van der Waals surface area contributed by atoms with Crippen molar-refractivity contribution >= 4 is 44.3 Å². The third-order valence-electron chi connectivity index (χ3n) is 3.82. The zero-order valence-corrected chi connectivity index (χ0v) is 16.4. The smallest absolute Gasteiger partial charge is 0.269 e. The molecular weight excluding hydrogens is 418 g/mol. The fourth-order valence-electron chi connectivity index (χ4n) is 2.61. The van der Waals surface area contributed by atoms with E-state index in [1.54, 1.807) is 22.8 Å². The summed E-state index contributed by atoms with van der Waals surface area (Å²) in [6.45, 7) is 2.58. The van der Waals surface area contributed by atoms with E-state index in [9.17, 15) is 14.9 Å². The number of thioether (sulfide) groups is 1. The van der Waals surface area contributed by atoms with Gasteiger partial charge in [0.15, 0.2) is 5.16 Å². The fourth-order valence-corrected chi connectivity index (χ4v) is 3.94. The van der Waals surface area contributed by atoms with Gasteiger partial charge in [-0.05, 0) is 30.2 Å². The van der Waals surface area contributed by atoms with Crippen LogP contribution in [0.15, 0.2) is 56.9 Å². The monoisotopic (exact) mass is 433 g/mol. The van der Waals surface area contributed by atoms with Gasteiger partial charge in [0.2, 0.25) is 0 Å². The molecule has 6 nitrogen and oxygen atoms in total. The number of benzene rings is 2. The van der Waals surface area contributed by atoms with Crippen LogP contribution in [-0.4, -0.2) is 14.5 Å². The van der Waals surface area contributed by atoms with E-state index in [-0.39, 0.29) is 11.2 Å². The SMILES string of the molecule is CCCn1c(SCc2cccc([N+](=O)[O-])c2)nc2ccc(Br)cc2c1=O. The summed E-state index contributed by atoms with van der Waals surface area (Å²) in [7, 11) is 0. The number of nitro groups is 1. The van der Waals surface area contributed by atoms with E-state index in [0.717, 1.165) is 16.5 Å². The third kappa shape index (κ3) is 3.96. The first-order chi connectivity index (χ1) is 12.5. The van der Waals surface area contributed by atoms with Crippen LogP contribution in [0, 0.1) is 10.1 Å². The lowest BCUT2D eigenvalue weighted by Gasteiger charge is -2.12. The Morgan fingerprint density at radius 2 is 2.08 bits per heavy atom. The number of fused-ring (bicyclic) bond motifs is 1. The minimum Gasteiger partial charge on any atom is -0.287 e. The molecule has 0 fully saturated rings. The van der Waals surface area contributed by atoms with Crippen LogP contribution >= 0.6 is 27.7 Å². The molecule has 0 N–H and O–H groups in total. The van der Waals surface area contributed by atoms with Crippen molar-refractivity contribution in [2.75, 3.05) is 0 Å². The Hall–Kier alpha value is -2.19. The van der Waals surface area contributed by atoms with Crippen molar-refractivity contribution < 1.29 is 4.92 Å². The Balaban J connectivity index is 1.97. The second-order valence-corrected chi connectivity index (χ2v) is 7.59. The highest BCUT2D eigenvalue weighted by atomic mass is 79.9. The van der Waals surface area contributed by atoms with Crippen molar-refractivity contribution in [1.29, 1.82) is 0 Å². The average Bonchev–Trinajstić information content (AvgIpc) is 2.63. The maximum Gasteiger partial charge on any atom is 0.269 e. The first kappa shape index (κ1) is 18.6. The topological polar surface area (TPSA) is 78.0 Å². The summed E-state index contributed by atoms with van der Waals surface area (Å²) in [5.74, 6) is 0.500. The van der Waals surface area contributed by atoms with Crippen molar-refractivity contribution in [3.63, 3.8) is 0 Å². The second kappa shape index (κ2) is 8.01. The van der Waals surface area contributed by atoms with Crippen LogP contribution in [-0.2, 0) is 12.3 Å². The standard InChI is InChI=1S/C18H16BrN3O3S/c1-2-8-21-17(23)15-10-13(19)6-7-16(15)20-18(21)26-11-12-4-3-5-14(9-12)22(24)25/h3-7,9-10H,2,8,11H2,1H3. The number of aromatic nitrogens is 2. The lowest BCUT2D eigenvalue weighted by Crippen LogP contribution is -2.23. The molecule has 0 aliphatic heterocycles. The third-order valence-corrected chi connectivity index (χ3v) is 5.36. The molecule has 0 aliphatic rings. The van der Waals surface area contributed by atoms with E-state index in [4.69, 9.17) is 0 Å². The molecule has 0 radical (unpaired) electrons. The van der Waals surface area contributed by atoms with Gasteiger partial charge in [-0.25, -0.2) is 4.98 Å². The number of hydrogen-bond donors (Lipinski definition) is 0. The van der Waals surface area contributed by atoms with Gasteiger partial charge in [-0.15, -0.1) is 0 Å². The second-order valence-electron chi connectivity index (χ2n) is 5.73. The molecule has 0 aliphatic carbocycles. The molecule has 2 aromatic carbocycles. The van der Waals surface area contributed by atoms with Gasteiger partial charge < -0.3 is 0 Å². The molecular formula is C18H16BrN3O3S. The Bertz CT molecular complexity index is 1040.